The lowest BCUT2D eigenvalue weighted by Gasteiger charge is -2.05. The minimum Gasteiger partial charge on any atom is -0.413 e. The van der Waals surface area contributed by atoms with Gasteiger partial charge in [0.15, 0.2) is 0 Å². The molecule has 0 radical (unpaired) electrons. The second-order valence-corrected chi connectivity index (χ2v) is 4.80. The highest BCUT2D eigenvalue weighted by molar-refractivity contribution is 7.80. The normalized spacial score (nSPS) is 15.2. The van der Waals surface area contributed by atoms with E-state index >= 15 is 0 Å². The number of hydrogen-bond donors (Lipinski definition) is 1. The number of hydrogen-bond acceptors (Lipinski definition) is 2. The quantitative estimate of drug-likeness (QED) is 0.789. The molecule has 0 aliphatic heterocycles. The van der Waals surface area contributed by atoms with E-state index in [1.807, 2.05) is 0 Å². The molecule has 1 unspecified atom stereocenters. The Kier molecular flexibility index (Phi) is 3.02. The lowest BCUT2D eigenvalue weighted by Crippen LogP contribution is -1.84. The standard InChI is InChI=1S/C6H5Cl2O3P/c7-5-1-3-6(4-2-5)11-12(8,9)10/h1-4H,(H,9,10). The maximum absolute atomic E-state index is 10.5. The second kappa shape index (κ2) is 3.67. The molecule has 1 rings (SSSR count). The van der Waals surface area contributed by atoms with E-state index in [1.54, 1.807) is 0 Å². The van der Waals surface area contributed by atoms with E-state index in [0.29, 0.717) is 5.02 Å². The van der Waals surface area contributed by atoms with Gasteiger partial charge in [-0.2, -0.15) is 0 Å². The van der Waals surface area contributed by atoms with Crippen molar-refractivity contribution in [2.75, 3.05) is 0 Å². The summed E-state index contributed by atoms with van der Waals surface area (Å²) in [5.41, 5.74) is 0. The molecule has 0 saturated carbocycles. The summed E-state index contributed by atoms with van der Waals surface area (Å²) < 4.78 is 15.0. The van der Waals surface area contributed by atoms with Crippen molar-refractivity contribution < 1.29 is 14.0 Å². The molecule has 0 saturated heterocycles. The van der Waals surface area contributed by atoms with Crippen LogP contribution in [0.2, 0.25) is 5.02 Å². The molecule has 1 N–H and O–H groups in total. The largest absolute Gasteiger partial charge is 0.474 e. The SMILES string of the molecule is O=P(O)(Cl)Oc1ccc(Cl)cc1. The fraction of sp³-hybridized carbons (Fsp3) is 0. The second-order valence-electron chi connectivity index (χ2n) is 2.00. The molecule has 0 aromatic heterocycles. The zero-order valence-electron chi connectivity index (χ0n) is 5.78. The monoisotopic (exact) mass is 226 g/mol. The summed E-state index contributed by atoms with van der Waals surface area (Å²) in [5.74, 6) is 0.209. The fourth-order valence-corrected chi connectivity index (χ4v) is 1.37. The topological polar surface area (TPSA) is 46.5 Å². The Balaban J connectivity index is 2.78. The summed E-state index contributed by atoms with van der Waals surface area (Å²) in [4.78, 5) is 8.61. The first-order chi connectivity index (χ1) is 5.47. The van der Waals surface area contributed by atoms with Gasteiger partial charge >= 0.3 is 6.95 Å². The molecular formula is C6H5Cl2O3P. The maximum atomic E-state index is 10.5. The van der Waals surface area contributed by atoms with Gasteiger partial charge in [0, 0.05) is 16.3 Å². The molecule has 66 valence electrons. The molecule has 1 atom stereocenters. The van der Waals surface area contributed by atoms with E-state index in [1.165, 1.54) is 24.3 Å². The van der Waals surface area contributed by atoms with Crippen molar-refractivity contribution >= 4 is 29.8 Å². The van der Waals surface area contributed by atoms with Crippen LogP contribution in [-0.4, -0.2) is 4.89 Å². The van der Waals surface area contributed by atoms with Crippen molar-refractivity contribution in [2.24, 2.45) is 0 Å². The van der Waals surface area contributed by atoms with Crippen LogP contribution in [-0.2, 0) is 4.57 Å². The summed E-state index contributed by atoms with van der Waals surface area (Å²) in [6.07, 6.45) is 0. The predicted molar refractivity (Wildman–Crippen MR) is 47.8 cm³/mol. The van der Waals surface area contributed by atoms with E-state index in [9.17, 15) is 4.57 Å². The molecule has 6 heteroatoms. The van der Waals surface area contributed by atoms with Crippen LogP contribution in [0.5, 0.6) is 5.75 Å². The van der Waals surface area contributed by atoms with Gasteiger partial charge in [0.2, 0.25) is 0 Å². The van der Waals surface area contributed by atoms with Gasteiger partial charge in [0.05, 0.1) is 0 Å². The van der Waals surface area contributed by atoms with Crippen LogP contribution in [0, 0.1) is 0 Å². The number of benzene rings is 1. The fourth-order valence-electron chi connectivity index (χ4n) is 0.625. The van der Waals surface area contributed by atoms with Gasteiger partial charge in [0.25, 0.3) is 0 Å². The van der Waals surface area contributed by atoms with Crippen molar-refractivity contribution in [3.63, 3.8) is 0 Å². The molecular weight excluding hydrogens is 222 g/mol. The molecule has 0 aliphatic rings. The third kappa shape index (κ3) is 3.46. The molecule has 0 bridgehead atoms. The lowest BCUT2D eigenvalue weighted by atomic mass is 10.3. The number of rotatable bonds is 2. The zero-order valence-corrected chi connectivity index (χ0v) is 8.18. The van der Waals surface area contributed by atoms with Crippen molar-refractivity contribution in [3.05, 3.63) is 29.3 Å². The minimum absolute atomic E-state index is 0.209. The van der Waals surface area contributed by atoms with Gasteiger partial charge < -0.3 is 9.42 Å². The highest BCUT2D eigenvalue weighted by Crippen LogP contribution is 2.47. The summed E-state index contributed by atoms with van der Waals surface area (Å²) >= 11 is 10.5. The summed E-state index contributed by atoms with van der Waals surface area (Å²) in [6, 6.07) is 5.97. The Morgan fingerprint density at radius 1 is 1.33 bits per heavy atom. The average molecular weight is 227 g/mol. The average Bonchev–Trinajstić information content (AvgIpc) is 1.91. The molecule has 12 heavy (non-hydrogen) atoms. The van der Waals surface area contributed by atoms with Crippen LogP contribution in [0.4, 0.5) is 0 Å². The van der Waals surface area contributed by atoms with E-state index in [4.69, 9.17) is 27.7 Å². The molecule has 3 nitrogen and oxygen atoms in total. The van der Waals surface area contributed by atoms with Gasteiger partial charge in [-0.05, 0) is 24.3 Å². The van der Waals surface area contributed by atoms with E-state index in [-0.39, 0.29) is 5.75 Å². The van der Waals surface area contributed by atoms with Crippen LogP contribution in [0.15, 0.2) is 24.3 Å². The molecule has 0 amide bonds. The van der Waals surface area contributed by atoms with Crippen molar-refractivity contribution in [2.45, 2.75) is 0 Å². The van der Waals surface area contributed by atoms with Crippen molar-refractivity contribution in [1.82, 2.24) is 0 Å². The molecule has 0 heterocycles. The van der Waals surface area contributed by atoms with Gasteiger partial charge in [-0.3, -0.25) is 0 Å². The Morgan fingerprint density at radius 3 is 2.25 bits per heavy atom. The van der Waals surface area contributed by atoms with E-state index in [0.717, 1.165) is 0 Å². The van der Waals surface area contributed by atoms with E-state index in [2.05, 4.69) is 4.52 Å². The van der Waals surface area contributed by atoms with Gasteiger partial charge in [0.1, 0.15) is 5.75 Å². The Bertz CT molecular complexity index is 305. The van der Waals surface area contributed by atoms with Crippen molar-refractivity contribution in [3.8, 4) is 5.75 Å². The highest BCUT2D eigenvalue weighted by Gasteiger charge is 2.15. The van der Waals surface area contributed by atoms with Crippen LogP contribution >= 0.6 is 29.8 Å². The third-order valence-electron chi connectivity index (χ3n) is 1.03. The third-order valence-corrected chi connectivity index (χ3v) is 1.93. The van der Waals surface area contributed by atoms with Crippen molar-refractivity contribution in [1.29, 1.82) is 0 Å². The van der Waals surface area contributed by atoms with Crippen LogP contribution < -0.4 is 4.52 Å². The molecule has 1 aromatic rings. The molecule has 0 spiro atoms. The first-order valence-electron chi connectivity index (χ1n) is 2.95. The smallest absolute Gasteiger partial charge is 0.413 e. The Hall–Kier alpha value is -0.210. The van der Waals surface area contributed by atoms with Gasteiger partial charge in [-0.1, -0.05) is 11.6 Å². The zero-order chi connectivity index (χ0) is 9.19. The molecule has 1 aromatic carbocycles. The molecule has 0 aliphatic carbocycles. The van der Waals surface area contributed by atoms with E-state index < -0.39 is 6.95 Å². The molecule has 0 fully saturated rings. The lowest BCUT2D eigenvalue weighted by molar-refractivity contribution is 0.401. The Labute approximate surface area is 79.2 Å². The van der Waals surface area contributed by atoms with Crippen LogP contribution in [0.3, 0.4) is 0 Å². The van der Waals surface area contributed by atoms with Crippen LogP contribution in [0.25, 0.3) is 0 Å². The predicted octanol–water partition coefficient (Wildman–Crippen LogP) is 3.06. The summed E-state index contributed by atoms with van der Waals surface area (Å²) in [7, 11) is 0. The minimum atomic E-state index is -3.97. The van der Waals surface area contributed by atoms with Crippen LogP contribution in [0.1, 0.15) is 0 Å². The summed E-state index contributed by atoms with van der Waals surface area (Å²) in [6.45, 7) is -3.97. The highest BCUT2D eigenvalue weighted by atomic mass is 35.7. The first-order valence-corrected chi connectivity index (χ1v) is 5.81. The first kappa shape index (κ1) is 9.87. The summed E-state index contributed by atoms with van der Waals surface area (Å²) in [5, 5.41) is 0.518. The van der Waals surface area contributed by atoms with Gasteiger partial charge in [-0.15, -0.1) is 0 Å². The maximum Gasteiger partial charge on any atom is 0.474 e. The Morgan fingerprint density at radius 2 is 1.83 bits per heavy atom. The number of halogens is 2. The van der Waals surface area contributed by atoms with Gasteiger partial charge in [-0.25, -0.2) is 4.57 Å².